The van der Waals surface area contributed by atoms with E-state index in [-0.39, 0.29) is 23.5 Å². The predicted octanol–water partition coefficient (Wildman–Crippen LogP) is 2.15. The van der Waals surface area contributed by atoms with Gasteiger partial charge in [0.25, 0.3) is 0 Å². The van der Waals surface area contributed by atoms with Crippen LogP contribution in [-0.2, 0) is 11.3 Å². The van der Waals surface area contributed by atoms with Crippen LogP contribution in [0.25, 0.3) is 33.6 Å². The first kappa shape index (κ1) is 23.2. The molecule has 0 fully saturated rings. The quantitative estimate of drug-likeness (QED) is 0.312. The van der Waals surface area contributed by atoms with Crippen LogP contribution in [0.2, 0.25) is 0 Å². The summed E-state index contributed by atoms with van der Waals surface area (Å²) in [6, 6.07) is 25.4. The molecule has 14 heteroatoms. The highest BCUT2D eigenvalue weighted by atomic mass is 16.2. The van der Waals surface area contributed by atoms with E-state index in [4.69, 9.17) is 19.9 Å². The summed E-state index contributed by atoms with van der Waals surface area (Å²) in [5.74, 6) is 0.775. The topological polar surface area (TPSA) is 154 Å². The van der Waals surface area contributed by atoms with Crippen molar-refractivity contribution in [3.8, 4) is 0 Å². The molecule has 2 aromatic carbocycles. The summed E-state index contributed by atoms with van der Waals surface area (Å²) in [5.41, 5.74) is -0.929. The highest BCUT2D eigenvalue weighted by Gasteiger charge is 2.70. The molecule has 0 radical (unpaired) electrons. The van der Waals surface area contributed by atoms with Gasteiger partial charge in [0.1, 0.15) is 0 Å². The molecule has 0 atom stereocenters. The maximum absolute atomic E-state index is 14.9. The van der Waals surface area contributed by atoms with Crippen LogP contribution in [0, 0.1) is 0 Å². The third-order valence-electron chi connectivity index (χ3n) is 8.53. The normalized spacial score (nSPS) is 20.1. The fourth-order valence-corrected chi connectivity index (χ4v) is 6.83. The highest BCUT2D eigenvalue weighted by Crippen LogP contribution is 2.54. The van der Waals surface area contributed by atoms with Crippen molar-refractivity contribution in [1.29, 1.82) is 0 Å². The molecule has 2 aliphatic rings. The Morgan fingerprint density at radius 3 is 1.52 bits per heavy atom. The minimum Gasteiger partial charge on any atom is -0.324 e. The van der Waals surface area contributed by atoms with Crippen LogP contribution in [0.15, 0.2) is 107 Å². The number of para-hydroxylation sites is 4. The second-order valence-electron chi connectivity index (χ2n) is 10.7. The SMILES string of the molecule is O=c1n2c(nc3nc4ccccc4n13)NC1(c3ccccn3)Nc3nc4nc5ccccc5n4c(=O)n3C21c1ccccn1. The lowest BCUT2D eigenvalue weighted by Gasteiger charge is -2.38. The summed E-state index contributed by atoms with van der Waals surface area (Å²) >= 11 is 0. The molecule has 210 valence electrons. The van der Waals surface area contributed by atoms with E-state index in [1.54, 1.807) is 30.6 Å². The van der Waals surface area contributed by atoms with E-state index in [9.17, 15) is 9.59 Å². The Balaban J connectivity index is 1.46. The Kier molecular flexibility index (Phi) is 4.04. The molecule has 8 aromatic rings. The Morgan fingerprint density at radius 2 is 1.02 bits per heavy atom. The molecule has 0 aliphatic carbocycles. The van der Waals surface area contributed by atoms with Gasteiger partial charge in [-0.05, 0) is 48.5 Å². The molecule has 8 heterocycles. The van der Waals surface area contributed by atoms with Gasteiger partial charge in [-0.3, -0.25) is 9.97 Å². The van der Waals surface area contributed by atoms with Gasteiger partial charge in [0.15, 0.2) is 0 Å². The molecule has 10 rings (SSSR count). The van der Waals surface area contributed by atoms with Gasteiger partial charge in [-0.2, -0.15) is 9.97 Å². The minimum absolute atomic E-state index is 0.176. The number of pyridine rings is 2. The first-order valence-electron chi connectivity index (χ1n) is 13.8. The highest BCUT2D eigenvalue weighted by molar-refractivity contribution is 5.81. The molecule has 6 aromatic heterocycles. The van der Waals surface area contributed by atoms with E-state index in [2.05, 4.69) is 20.6 Å². The summed E-state index contributed by atoms with van der Waals surface area (Å²) in [5, 5.41) is 6.91. The van der Waals surface area contributed by atoms with Gasteiger partial charge < -0.3 is 10.6 Å². The Labute approximate surface area is 245 Å². The molecule has 14 nitrogen and oxygen atoms in total. The van der Waals surface area contributed by atoms with Crippen LogP contribution in [0.4, 0.5) is 11.9 Å². The number of aromatic nitrogens is 10. The summed E-state index contributed by atoms with van der Waals surface area (Å²) in [4.78, 5) is 58.2. The van der Waals surface area contributed by atoms with Crippen molar-refractivity contribution in [1.82, 2.24) is 47.8 Å². The molecule has 0 amide bonds. The minimum atomic E-state index is -1.72. The number of fused-ring (bicyclic) bond motifs is 11. The van der Waals surface area contributed by atoms with Gasteiger partial charge in [-0.15, -0.1) is 0 Å². The van der Waals surface area contributed by atoms with E-state index in [1.807, 2.05) is 66.7 Å². The molecule has 0 saturated carbocycles. The fraction of sp³-hybridized carbons (Fsp3) is 0.0667. The predicted molar refractivity (Wildman–Crippen MR) is 159 cm³/mol. The van der Waals surface area contributed by atoms with Gasteiger partial charge in [-0.1, -0.05) is 36.4 Å². The standard InChI is InChI=1S/C30H18N12O2/c43-27-39-19-11-3-1-9-17(19)33-23(39)35-25-37-29(21-13-5-7-15-31-21)30(41(25)27,22-14-6-8-16-32-22)42-26(38-29)36-24-34-18-10-2-4-12-20(18)40(24)28(42)44/h1-16H,(H,33,35,37)(H,34,36,38). The summed E-state index contributed by atoms with van der Waals surface area (Å²) in [7, 11) is 0. The Bertz CT molecular complexity index is 2480. The zero-order valence-electron chi connectivity index (χ0n) is 22.5. The van der Waals surface area contributed by atoms with Crippen LogP contribution in [-0.4, -0.2) is 47.8 Å². The average molecular weight is 579 g/mol. The molecule has 0 bridgehead atoms. The largest absolute Gasteiger partial charge is 0.340 e. The number of benzene rings is 2. The van der Waals surface area contributed by atoms with Gasteiger partial charge in [0, 0.05) is 12.4 Å². The van der Waals surface area contributed by atoms with Crippen molar-refractivity contribution >= 4 is 45.5 Å². The van der Waals surface area contributed by atoms with Gasteiger partial charge in [-0.25, -0.2) is 37.5 Å². The lowest BCUT2D eigenvalue weighted by Crippen LogP contribution is -2.61. The third kappa shape index (κ3) is 2.49. The molecule has 2 aliphatic heterocycles. The van der Waals surface area contributed by atoms with Crippen LogP contribution < -0.4 is 22.0 Å². The van der Waals surface area contributed by atoms with Crippen LogP contribution >= 0.6 is 0 Å². The molecular formula is C30H18N12O2. The second kappa shape index (κ2) is 7.69. The number of nitrogens with one attached hydrogen (secondary N) is 2. The van der Waals surface area contributed by atoms with E-state index in [0.29, 0.717) is 33.5 Å². The van der Waals surface area contributed by atoms with E-state index in [1.165, 1.54) is 17.9 Å². The van der Waals surface area contributed by atoms with Crippen molar-refractivity contribution in [3.63, 3.8) is 0 Å². The molecule has 44 heavy (non-hydrogen) atoms. The lowest BCUT2D eigenvalue weighted by molar-refractivity contribution is 0.214. The number of rotatable bonds is 2. The van der Waals surface area contributed by atoms with E-state index in [0.717, 1.165) is 0 Å². The van der Waals surface area contributed by atoms with Gasteiger partial charge in [0.05, 0.1) is 33.5 Å². The first-order valence-corrected chi connectivity index (χ1v) is 13.8. The first-order chi connectivity index (χ1) is 21.6. The van der Waals surface area contributed by atoms with Crippen LogP contribution in [0.5, 0.6) is 0 Å². The van der Waals surface area contributed by atoms with Crippen LogP contribution in [0.1, 0.15) is 11.4 Å². The summed E-state index contributed by atoms with van der Waals surface area (Å²) in [6.45, 7) is 0. The maximum Gasteiger partial charge on any atom is 0.340 e. The molecule has 0 unspecified atom stereocenters. The van der Waals surface area contributed by atoms with Crippen molar-refractivity contribution in [2.45, 2.75) is 11.3 Å². The fourth-order valence-electron chi connectivity index (χ4n) is 6.83. The van der Waals surface area contributed by atoms with Crippen molar-refractivity contribution < 1.29 is 0 Å². The number of hydrogen-bond acceptors (Lipinski definition) is 10. The van der Waals surface area contributed by atoms with Gasteiger partial charge in [0.2, 0.25) is 34.8 Å². The molecule has 0 saturated heterocycles. The van der Waals surface area contributed by atoms with Crippen molar-refractivity contribution in [3.05, 3.63) is 130 Å². The maximum atomic E-state index is 14.9. The van der Waals surface area contributed by atoms with E-state index < -0.39 is 22.7 Å². The van der Waals surface area contributed by atoms with Crippen LogP contribution in [0.3, 0.4) is 0 Å². The molecular weight excluding hydrogens is 560 g/mol. The number of anilines is 2. The average Bonchev–Trinajstić information content (AvgIpc) is 3.77. The number of hydrogen-bond donors (Lipinski definition) is 2. The smallest absolute Gasteiger partial charge is 0.324 e. The third-order valence-corrected chi connectivity index (χ3v) is 8.53. The lowest BCUT2D eigenvalue weighted by atomic mass is 9.87. The summed E-state index contributed by atoms with van der Waals surface area (Å²) < 4.78 is 5.81. The zero-order chi connectivity index (χ0) is 29.2. The molecule has 0 spiro atoms. The van der Waals surface area contributed by atoms with Crippen molar-refractivity contribution in [2.24, 2.45) is 0 Å². The van der Waals surface area contributed by atoms with Crippen molar-refractivity contribution in [2.75, 3.05) is 10.6 Å². The monoisotopic (exact) mass is 578 g/mol. The second-order valence-corrected chi connectivity index (χ2v) is 10.7. The van der Waals surface area contributed by atoms with E-state index >= 15 is 0 Å². The molecule has 2 N–H and O–H groups in total. The number of imidazole rings is 2. The number of nitrogens with zero attached hydrogens (tertiary/aromatic N) is 10. The summed E-state index contributed by atoms with van der Waals surface area (Å²) in [6.07, 6.45) is 3.27. The Morgan fingerprint density at radius 1 is 0.545 bits per heavy atom. The zero-order valence-corrected chi connectivity index (χ0v) is 22.5. The Hall–Kier alpha value is -6.44. The van der Waals surface area contributed by atoms with Gasteiger partial charge >= 0.3 is 11.4 Å².